The van der Waals surface area contributed by atoms with Crippen LogP contribution in [0.15, 0.2) is 24.3 Å². The first-order valence-electron chi connectivity index (χ1n) is 7.32. The molecular formula is C16H26N2O2. The summed E-state index contributed by atoms with van der Waals surface area (Å²) in [5.41, 5.74) is 6.24. The Hall–Kier alpha value is -1.55. The second-order valence-electron chi connectivity index (χ2n) is 5.20. The number of nitrogens with one attached hydrogen (secondary N) is 1. The predicted molar refractivity (Wildman–Crippen MR) is 82.0 cm³/mol. The summed E-state index contributed by atoms with van der Waals surface area (Å²) in [4.78, 5) is 12.1. The van der Waals surface area contributed by atoms with Gasteiger partial charge in [0.25, 0.3) is 5.91 Å². The van der Waals surface area contributed by atoms with Crippen molar-refractivity contribution in [2.45, 2.75) is 39.7 Å². The summed E-state index contributed by atoms with van der Waals surface area (Å²) in [7, 11) is 0. The molecule has 0 radical (unpaired) electrons. The molecule has 0 saturated carbocycles. The normalized spacial score (nSPS) is 13.6. The van der Waals surface area contributed by atoms with Crippen molar-refractivity contribution in [2.75, 3.05) is 13.2 Å². The van der Waals surface area contributed by atoms with Crippen molar-refractivity contribution < 1.29 is 9.53 Å². The number of ether oxygens (including phenoxy) is 1. The van der Waals surface area contributed by atoms with E-state index in [2.05, 4.69) is 12.2 Å². The number of hydrogen-bond donors (Lipinski definition) is 2. The molecule has 0 spiro atoms. The van der Waals surface area contributed by atoms with E-state index < -0.39 is 0 Å². The molecule has 0 aliphatic carbocycles. The molecular weight excluding hydrogens is 252 g/mol. The van der Waals surface area contributed by atoms with Gasteiger partial charge in [-0.1, -0.05) is 20.3 Å². The molecule has 2 unspecified atom stereocenters. The Morgan fingerprint density at radius 1 is 1.30 bits per heavy atom. The highest BCUT2D eigenvalue weighted by Crippen LogP contribution is 2.13. The zero-order chi connectivity index (χ0) is 15.0. The molecule has 2 atom stereocenters. The van der Waals surface area contributed by atoms with Crippen LogP contribution in [0.25, 0.3) is 0 Å². The summed E-state index contributed by atoms with van der Waals surface area (Å²) in [6.45, 7) is 7.40. The Labute approximate surface area is 121 Å². The summed E-state index contributed by atoms with van der Waals surface area (Å²) in [5.74, 6) is 0.992. The Bertz CT molecular complexity index is 403. The van der Waals surface area contributed by atoms with Gasteiger partial charge in [0.15, 0.2) is 0 Å². The van der Waals surface area contributed by atoms with Gasteiger partial charge < -0.3 is 15.8 Å². The van der Waals surface area contributed by atoms with Crippen molar-refractivity contribution in [3.8, 4) is 5.75 Å². The summed E-state index contributed by atoms with van der Waals surface area (Å²) >= 11 is 0. The van der Waals surface area contributed by atoms with E-state index in [9.17, 15) is 4.79 Å². The lowest BCUT2D eigenvalue weighted by Gasteiger charge is -2.19. The maximum Gasteiger partial charge on any atom is 0.251 e. The first kappa shape index (κ1) is 16.5. The minimum atomic E-state index is -0.0714. The lowest BCUT2D eigenvalue weighted by atomic mass is 10.0. The van der Waals surface area contributed by atoms with Crippen LogP contribution in [0.5, 0.6) is 5.75 Å². The van der Waals surface area contributed by atoms with Crippen LogP contribution in [-0.2, 0) is 0 Å². The number of nitrogens with two attached hydrogens (primary N) is 1. The molecule has 0 fully saturated rings. The van der Waals surface area contributed by atoms with E-state index in [1.165, 1.54) is 0 Å². The minimum Gasteiger partial charge on any atom is -0.494 e. The number of carbonyl (C=O) groups excluding carboxylic acids is 1. The van der Waals surface area contributed by atoms with Gasteiger partial charge in [0.2, 0.25) is 0 Å². The van der Waals surface area contributed by atoms with Gasteiger partial charge in [-0.15, -0.1) is 0 Å². The van der Waals surface area contributed by atoms with E-state index in [1.807, 2.05) is 26.0 Å². The number of rotatable bonds is 8. The maximum absolute atomic E-state index is 12.1. The van der Waals surface area contributed by atoms with Crippen LogP contribution in [0, 0.1) is 5.92 Å². The number of amides is 1. The van der Waals surface area contributed by atoms with Gasteiger partial charge in [0.05, 0.1) is 6.61 Å². The molecule has 1 aromatic rings. The molecule has 4 nitrogen and oxygen atoms in total. The maximum atomic E-state index is 12.1. The van der Waals surface area contributed by atoms with Gasteiger partial charge in [0.1, 0.15) is 5.75 Å². The van der Waals surface area contributed by atoms with Gasteiger partial charge in [-0.25, -0.2) is 0 Å². The van der Waals surface area contributed by atoms with E-state index in [1.54, 1.807) is 12.1 Å². The fourth-order valence-electron chi connectivity index (χ4n) is 1.67. The smallest absolute Gasteiger partial charge is 0.251 e. The summed E-state index contributed by atoms with van der Waals surface area (Å²) in [5, 5.41) is 2.96. The van der Waals surface area contributed by atoms with Crippen molar-refractivity contribution in [3.05, 3.63) is 29.8 Å². The molecule has 1 amide bonds. The first-order valence-corrected chi connectivity index (χ1v) is 7.32. The highest BCUT2D eigenvalue weighted by atomic mass is 16.5. The van der Waals surface area contributed by atoms with Crippen LogP contribution < -0.4 is 15.8 Å². The van der Waals surface area contributed by atoms with E-state index in [0.717, 1.165) is 18.6 Å². The molecule has 0 bridgehead atoms. The molecule has 0 aliphatic rings. The molecule has 112 valence electrons. The van der Waals surface area contributed by atoms with Crippen molar-refractivity contribution in [2.24, 2.45) is 11.7 Å². The Kier molecular flexibility index (Phi) is 7.09. The zero-order valence-electron chi connectivity index (χ0n) is 12.7. The third-order valence-electron chi connectivity index (χ3n) is 3.47. The first-order chi connectivity index (χ1) is 9.58. The van der Waals surface area contributed by atoms with Crippen molar-refractivity contribution >= 4 is 5.91 Å². The van der Waals surface area contributed by atoms with Crippen LogP contribution in [0.1, 0.15) is 44.0 Å². The molecule has 1 aromatic carbocycles. The van der Waals surface area contributed by atoms with Gasteiger partial charge in [-0.3, -0.25) is 4.79 Å². The Morgan fingerprint density at radius 3 is 2.50 bits per heavy atom. The number of benzene rings is 1. The zero-order valence-corrected chi connectivity index (χ0v) is 12.7. The fourth-order valence-corrected chi connectivity index (χ4v) is 1.67. The molecule has 4 heteroatoms. The summed E-state index contributed by atoms with van der Waals surface area (Å²) in [6, 6.07) is 7.31. The van der Waals surface area contributed by atoms with Crippen molar-refractivity contribution in [3.63, 3.8) is 0 Å². The average molecular weight is 278 g/mol. The molecule has 0 aliphatic heterocycles. The highest BCUT2D eigenvalue weighted by Gasteiger charge is 2.14. The van der Waals surface area contributed by atoms with Gasteiger partial charge >= 0.3 is 0 Å². The molecule has 0 saturated heterocycles. The van der Waals surface area contributed by atoms with Crippen LogP contribution in [-0.4, -0.2) is 25.1 Å². The standard InChI is InChI=1S/C16H26N2O2/c1-4-5-10-20-15-8-6-14(7-9-15)16(19)18-13(3)12(2)11-17/h6-9,12-13H,4-5,10-11,17H2,1-3H3,(H,18,19). The largest absolute Gasteiger partial charge is 0.494 e. The second-order valence-corrected chi connectivity index (χ2v) is 5.20. The topological polar surface area (TPSA) is 64.3 Å². The summed E-state index contributed by atoms with van der Waals surface area (Å²) < 4.78 is 5.57. The van der Waals surface area contributed by atoms with E-state index in [-0.39, 0.29) is 17.9 Å². The Morgan fingerprint density at radius 2 is 1.95 bits per heavy atom. The number of carbonyl (C=O) groups is 1. The molecule has 1 rings (SSSR count). The second kappa shape index (κ2) is 8.59. The van der Waals surface area contributed by atoms with Crippen molar-refractivity contribution in [1.29, 1.82) is 0 Å². The lowest BCUT2D eigenvalue weighted by molar-refractivity contribution is 0.0929. The third-order valence-corrected chi connectivity index (χ3v) is 3.47. The molecule has 20 heavy (non-hydrogen) atoms. The van der Waals surface area contributed by atoms with Gasteiger partial charge in [-0.05, 0) is 50.1 Å². The van der Waals surface area contributed by atoms with Gasteiger partial charge in [-0.2, -0.15) is 0 Å². The van der Waals surface area contributed by atoms with Gasteiger partial charge in [0, 0.05) is 11.6 Å². The van der Waals surface area contributed by atoms with Crippen LogP contribution >= 0.6 is 0 Å². The average Bonchev–Trinajstić information content (AvgIpc) is 2.47. The molecule has 3 N–H and O–H groups in total. The van der Waals surface area contributed by atoms with E-state index in [0.29, 0.717) is 18.7 Å². The predicted octanol–water partition coefficient (Wildman–Crippen LogP) is 2.58. The van der Waals surface area contributed by atoms with Crippen LogP contribution in [0.2, 0.25) is 0 Å². The highest BCUT2D eigenvalue weighted by molar-refractivity contribution is 5.94. The van der Waals surface area contributed by atoms with Crippen LogP contribution in [0.4, 0.5) is 0 Å². The molecule has 0 aromatic heterocycles. The SMILES string of the molecule is CCCCOc1ccc(C(=O)NC(C)C(C)CN)cc1. The van der Waals surface area contributed by atoms with Crippen LogP contribution in [0.3, 0.4) is 0 Å². The molecule has 0 heterocycles. The van der Waals surface area contributed by atoms with Crippen molar-refractivity contribution in [1.82, 2.24) is 5.32 Å². The van der Waals surface area contributed by atoms with E-state index in [4.69, 9.17) is 10.5 Å². The number of unbranched alkanes of at least 4 members (excludes halogenated alkanes) is 1. The van der Waals surface area contributed by atoms with E-state index >= 15 is 0 Å². The monoisotopic (exact) mass is 278 g/mol. The summed E-state index contributed by atoms with van der Waals surface area (Å²) in [6.07, 6.45) is 2.15. The quantitative estimate of drug-likeness (QED) is 0.718. The minimum absolute atomic E-state index is 0.0629. The number of hydrogen-bond acceptors (Lipinski definition) is 3. The third kappa shape index (κ3) is 5.21. The fraction of sp³-hybridized carbons (Fsp3) is 0.562. The Balaban J connectivity index is 2.53. The lowest BCUT2D eigenvalue weighted by Crippen LogP contribution is -2.39.